The van der Waals surface area contributed by atoms with Gasteiger partial charge in [-0.2, -0.15) is 5.75 Å². The minimum absolute atomic E-state index is 0. The Labute approximate surface area is 232 Å². The van der Waals surface area contributed by atoms with E-state index in [1.807, 2.05) is 48.5 Å². The van der Waals surface area contributed by atoms with Gasteiger partial charge < -0.3 is 37.8 Å². The first kappa shape index (κ1) is 33.4. The summed E-state index contributed by atoms with van der Waals surface area (Å²) < 4.78 is 6.04. The largest absolute Gasteiger partial charge is 2.00 e. The number of aromatic nitrogens is 3. The number of rotatable bonds is 11. The van der Waals surface area contributed by atoms with Crippen molar-refractivity contribution < 1.29 is 36.0 Å². The number of aliphatic hydroxyl groups is 1. The third-order valence-electron chi connectivity index (χ3n) is 4.51. The van der Waals surface area contributed by atoms with E-state index >= 15 is 0 Å². The topological polar surface area (TPSA) is 134 Å². The summed E-state index contributed by atoms with van der Waals surface area (Å²) >= 11 is 4.30. The SMILES string of the molecule is CCCCCCCCOc1cc(-c2ccccn2)nc(-c2ccccn2)c1.O=[N+]([O-])[O-].OCC[S-].[Pt+2]. The Balaban J connectivity index is 0.00000119. The maximum atomic E-state index is 8.25. The molecule has 0 saturated carbocycles. The maximum Gasteiger partial charge on any atom is 2.00 e. The van der Waals surface area contributed by atoms with Crippen molar-refractivity contribution in [3.63, 3.8) is 0 Å². The monoisotopic (exact) mass is 695 g/mol. The molecule has 9 nitrogen and oxygen atoms in total. The van der Waals surface area contributed by atoms with Crippen LogP contribution in [0.5, 0.6) is 5.75 Å². The molecule has 3 aromatic rings. The van der Waals surface area contributed by atoms with Gasteiger partial charge in [0.1, 0.15) is 5.75 Å². The molecule has 3 aromatic heterocycles. The van der Waals surface area contributed by atoms with Crippen LogP contribution < -0.4 is 4.74 Å². The van der Waals surface area contributed by atoms with Crippen molar-refractivity contribution in [1.29, 1.82) is 0 Å². The molecule has 3 heterocycles. The normalized spacial score (nSPS) is 9.53. The zero-order valence-corrected chi connectivity index (χ0v) is 23.3. The third kappa shape index (κ3) is 15.4. The van der Waals surface area contributed by atoms with Crippen molar-refractivity contribution in [2.24, 2.45) is 0 Å². The number of nitrogens with zero attached hydrogens (tertiary/aromatic N) is 4. The Hall–Kier alpha value is -2.55. The fourth-order valence-corrected chi connectivity index (χ4v) is 2.95. The summed E-state index contributed by atoms with van der Waals surface area (Å²) in [7, 11) is 0. The molecule has 0 aliphatic heterocycles. The van der Waals surface area contributed by atoms with Crippen LogP contribution in [-0.4, -0.2) is 44.1 Å². The van der Waals surface area contributed by atoms with Crippen molar-refractivity contribution in [3.05, 3.63) is 76.2 Å². The van der Waals surface area contributed by atoms with E-state index in [9.17, 15) is 0 Å². The van der Waals surface area contributed by atoms with Gasteiger partial charge in [0.15, 0.2) is 0 Å². The van der Waals surface area contributed by atoms with E-state index in [2.05, 4.69) is 29.5 Å². The fraction of sp³-hybridized carbons (Fsp3) is 0.400. The molecule has 1 N–H and O–H groups in total. The van der Waals surface area contributed by atoms with Crippen LogP contribution in [0, 0.1) is 15.3 Å². The van der Waals surface area contributed by atoms with Gasteiger partial charge in [0.25, 0.3) is 0 Å². The van der Waals surface area contributed by atoms with Gasteiger partial charge in [0.2, 0.25) is 0 Å². The van der Waals surface area contributed by atoms with Gasteiger partial charge in [0, 0.05) is 31.1 Å². The molecule has 0 saturated heterocycles. The summed E-state index contributed by atoms with van der Waals surface area (Å²) in [5, 5.41) is 22.5. The summed E-state index contributed by atoms with van der Waals surface area (Å²) in [6, 6.07) is 15.6. The predicted octanol–water partition coefficient (Wildman–Crippen LogP) is 5.23. The second-order valence-corrected chi connectivity index (χ2v) is 7.68. The molecule has 0 aliphatic rings. The first-order chi connectivity index (χ1) is 17.0. The van der Waals surface area contributed by atoms with E-state index in [4.69, 9.17) is 30.1 Å². The van der Waals surface area contributed by atoms with Gasteiger partial charge in [0.05, 0.1) is 34.5 Å². The minimum Gasteiger partial charge on any atom is -0.790 e. The molecule has 0 aromatic carbocycles. The predicted molar refractivity (Wildman–Crippen MR) is 139 cm³/mol. The van der Waals surface area contributed by atoms with Gasteiger partial charge in [-0.25, -0.2) is 4.98 Å². The second-order valence-electron chi connectivity index (χ2n) is 7.27. The number of ether oxygens (including phenoxy) is 1. The van der Waals surface area contributed by atoms with E-state index in [-0.39, 0.29) is 27.7 Å². The van der Waals surface area contributed by atoms with Crippen LogP contribution in [0.1, 0.15) is 45.4 Å². The molecule has 198 valence electrons. The maximum absolute atomic E-state index is 8.25. The minimum atomic E-state index is -1.75. The van der Waals surface area contributed by atoms with Gasteiger partial charge >= 0.3 is 21.1 Å². The summed E-state index contributed by atoms with van der Waals surface area (Å²) in [5.41, 5.74) is 3.27. The van der Waals surface area contributed by atoms with Crippen LogP contribution in [0.25, 0.3) is 22.8 Å². The van der Waals surface area contributed by atoms with Crippen LogP contribution >= 0.6 is 0 Å². The van der Waals surface area contributed by atoms with E-state index in [0.29, 0.717) is 5.75 Å². The molecule has 0 unspecified atom stereocenters. The molecule has 0 atom stereocenters. The average Bonchev–Trinajstić information content (AvgIpc) is 2.89. The fourth-order valence-electron chi connectivity index (χ4n) is 2.95. The summed E-state index contributed by atoms with van der Waals surface area (Å²) in [5.74, 6) is 1.28. The molecule has 3 rings (SSSR count). The first-order valence-corrected chi connectivity index (χ1v) is 12.1. The van der Waals surface area contributed by atoms with E-state index in [1.54, 1.807) is 12.4 Å². The molecule has 0 aliphatic carbocycles. The smallest absolute Gasteiger partial charge is 0.790 e. The summed E-state index contributed by atoms with van der Waals surface area (Å²) in [4.78, 5) is 21.8. The summed E-state index contributed by atoms with van der Waals surface area (Å²) in [6.45, 7) is 3.10. The van der Waals surface area contributed by atoms with Crippen molar-refractivity contribution >= 4 is 12.6 Å². The second kappa shape index (κ2) is 21.7. The Bertz CT molecular complexity index is 892. The first-order valence-electron chi connectivity index (χ1n) is 11.5. The Morgan fingerprint density at radius 1 is 0.889 bits per heavy atom. The average molecular weight is 696 g/mol. The van der Waals surface area contributed by atoms with Crippen molar-refractivity contribution in [1.82, 2.24) is 15.0 Å². The van der Waals surface area contributed by atoms with E-state index < -0.39 is 5.09 Å². The standard InChI is InChI=1S/C23H27N3O.C2H6OS.NO3.Pt/c1-2-3-4-5-6-11-16-27-19-17-22(20-12-7-9-14-24-20)26-23(18-19)21-13-8-10-15-25-21;3-1-2-4;2-1(3)4;/h7-10,12-15,17-18H,2-6,11,16H2,1H3;3-4H,1-2H2;;/q;;-1;+2/p-1. The Morgan fingerprint density at radius 2 is 1.36 bits per heavy atom. The number of pyridine rings is 3. The van der Waals surface area contributed by atoms with Crippen LogP contribution in [0.15, 0.2) is 60.9 Å². The molecule has 0 fully saturated rings. The van der Waals surface area contributed by atoms with Gasteiger partial charge in [-0.1, -0.05) is 51.2 Å². The van der Waals surface area contributed by atoms with Crippen molar-refractivity contribution in [2.45, 2.75) is 45.4 Å². The Morgan fingerprint density at radius 3 is 1.78 bits per heavy atom. The summed E-state index contributed by atoms with van der Waals surface area (Å²) in [6.07, 6.45) is 11.1. The van der Waals surface area contributed by atoms with E-state index in [1.165, 1.54) is 32.1 Å². The van der Waals surface area contributed by atoms with Gasteiger partial charge in [-0.05, 0) is 30.7 Å². The van der Waals surface area contributed by atoms with Crippen LogP contribution in [-0.2, 0) is 33.7 Å². The molecule has 0 amide bonds. The molecule has 0 bridgehead atoms. The molecule has 0 spiro atoms. The zero-order valence-electron chi connectivity index (χ0n) is 20.2. The van der Waals surface area contributed by atoms with Crippen LogP contribution in [0.3, 0.4) is 0 Å². The van der Waals surface area contributed by atoms with Gasteiger partial charge in [-0.3, -0.25) is 9.97 Å². The number of aliphatic hydroxyl groups excluding tert-OH is 1. The van der Waals surface area contributed by atoms with Crippen LogP contribution in [0.4, 0.5) is 0 Å². The third-order valence-corrected chi connectivity index (χ3v) is 4.69. The quantitative estimate of drug-likeness (QED) is 0.124. The van der Waals surface area contributed by atoms with E-state index in [0.717, 1.165) is 41.6 Å². The molecule has 11 heteroatoms. The van der Waals surface area contributed by atoms with Gasteiger partial charge in [-0.15, -0.1) is 0 Å². The van der Waals surface area contributed by atoms with Crippen molar-refractivity contribution in [2.75, 3.05) is 19.0 Å². The number of hydrogen-bond acceptors (Lipinski definition) is 9. The number of hydrogen-bond donors (Lipinski definition) is 1. The molecular weight excluding hydrogens is 663 g/mol. The molecular formula is C25H32N4O5PtS. The Kier molecular flexibility index (Phi) is 20.2. The number of unbranched alkanes of at least 4 members (excludes halogenated alkanes) is 5. The molecule has 36 heavy (non-hydrogen) atoms. The van der Waals surface area contributed by atoms with Crippen molar-refractivity contribution in [3.8, 4) is 28.5 Å². The van der Waals surface area contributed by atoms with Crippen LogP contribution in [0.2, 0.25) is 0 Å². The molecule has 0 radical (unpaired) electrons. The zero-order chi connectivity index (χ0) is 25.7.